The van der Waals surface area contributed by atoms with Crippen LogP contribution in [0.1, 0.15) is 51.9 Å². The number of rotatable bonds is 6. The van der Waals surface area contributed by atoms with Crippen molar-refractivity contribution in [2.24, 2.45) is 0 Å². The number of nitrogens with zero attached hydrogens (tertiary/aromatic N) is 2. The molecule has 0 radical (unpaired) electrons. The second kappa shape index (κ2) is 9.07. The molecule has 3 rings (SSSR count). The molecule has 2 unspecified atom stereocenters. The highest BCUT2D eigenvalue weighted by atomic mass is 16.7. The van der Waals surface area contributed by atoms with E-state index in [1.807, 2.05) is 4.90 Å². The van der Waals surface area contributed by atoms with Crippen LogP contribution in [0.5, 0.6) is 0 Å². The highest BCUT2D eigenvalue weighted by Gasteiger charge is 2.44. The molecule has 1 amide bonds. The van der Waals surface area contributed by atoms with Crippen LogP contribution in [0.4, 0.5) is 0 Å². The summed E-state index contributed by atoms with van der Waals surface area (Å²) >= 11 is 0. The first-order valence-electron chi connectivity index (χ1n) is 10.6. The van der Waals surface area contributed by atoms with Crippen molar-refractivity contribution in [2.45, 2.75) is 69.3 Å². The normalized spacial score (nSPS) is 31.0. The third-order valence-corrected chi connectivity index (χ3v) is 6.45. The molecule has 0 aromatic rings. The Morgan fingerprint density at radius 2 is 1.82 bits per heavy atom. The van der Waals surface area contributed by atoms with Gasteiger partial charge in [-0.1, -0.05) is 0 Å². The van der Waals surface area contributed by atoms with Gasteiger partial charge in [0.2, 0.25) is 5.91 Å². The molecule has 8 nitrogen and oxygen atoms in total. The van der Waals surface area contributed by atoms with Gasteiger partial charge in [0.1, 0.15) is 0 Å². The maximum Gasteiger partial charge on any atom is 0.366 e. The zero-order valence-corrected chi connectivity index (χ0v) is 17.2. The van der Waals surface area contributed by atoms with E-state index in [0.717, 1.165) is 64.7 Å². The van der Waals surface area contributed by atoms with Gasteiger partial charge in [0.25, 0.3) is 5.79 Å². The zero-order chi connectivity index (χ0) is 20.2. The molecule has 3 fully saturated rings. The van der Waals surface area contributed by atoms with E-state index in [-0.39, 0.29) is 24.0 Å². The number of piperidine rings is 1. The molecule has 3 aliphatic heterocycles. The monoisotopic (exact) mass is 397 g/mol. The molecule has 0 aliphatic carbocycles. The fourth-order valence-corrected chi connectivity index (χ4v) is 4.46. The van der Waals surface area contributed by atoms with Gasteiger partial charge in [0.05, 0.1) is 19.8 Å². The van der Waals surface area contributed by atoms with E-state index >= 15 is 0 Å². The third kappa shape index (κ3) is 5.23. The quantitative estimate of drug-likeness (QED) is 0.630. The molecule has 0 aromatic carbocycles. The largest absolute Gasteiger partial charge is 0.465 e. The summed E-state index contributed by atoms with van der Waals surface area (Å²) in [5.41, 5.74) is -0.0357. The number of aliphatic hydroxyl groups is 1. The van der Waals surface area contributed by atoms with Crippen LogP contribution in [0.15, 0.2) is 0 Å². The zero-order valence-electron chi connectivity index (χ0n) is 17.2. The summed E-state index contributed by atoms with van der Waals surface area (Å²) < 4.78 is 10.4. The van der Waals surface area contributed by atoms with Crippen molar-refractivity contribution in [2.75, 3.05) is 46.4 Å². The molecule has 0 saturated carbocycles. The third-order valence-electron chi connectivity index (χ3n) is 6.45. The lowest BCUT2D eigenvalue weighted by atomic mass is 9.89. The standard InChI is InChI=1S/C20H35N3O5/c1-19(21-14-17(24)23-10-3-4-11-23)8-12-22(13-9-19)15-16-6-5-7-20(26,28-16)18(25)27-2/h16,21,26H,3-15H2,1-2H3. The smallest absolute Gasteiger partial charge is 0.366 e. The second-order valence-electron chi connectivity index (χ2n) is 8.71. The maximum absolute atomic E-state index is 12.3. The minimum atomic E-state index is -1.81. The van der Waals surface area contributed by atoms with Gasteiger partial charge in [0.15, 0.2) is 0 Å². The SMILES string of the molecule is COC(=O)C1(O)CCCC(CN2CCC(C)(NCC(=O)N3CCCC3)CC2)O1. The number of hydrogen-bond acceptors (Lipinski definition) is 7. The van der Waals surface area contributed by atoms with Crippen LogP contribution >= 0.6 is 0 Å². The average molecular weight is 398 g/mol. The average Bonchev–Trinajstić information content (AvgIpc) is 3.22. The fourth-order valence-electron chi connectivity index (χ4n) is 4.46. The molecule has 0 aromatic heterocycles. The van der Waals surface area contributed by atoms with Gasteiger partial charge >= 0.3 is 5.97 Å². The summed E-state index contributed by atoms with van der Waals surface area (Å²) in [6.45, 7) is 6.88. The van der Waals surface area contributed by atoms with Gasteiger partial charge in [-0.3, -0.25) is 4.79 Å². The predicted molar refractivity (Wildman–Crippen MR) is 104 cm³/mol. The van der Waals surface area contributed by atoms with Crippen LogP contribution in [0.2, 0.25) is 0 Å². The summed E-state index contributed by atoms with van der Waals surface area (Å²) in [4.78, 5) is 28.3. The molecule has 0 spiro atoms. The van der Waals surface area contributed by atoms with Crippen LogP contribution in [0.3, 0.4) is 0 Å². The van der Waals surface area contributed by atoms with E-state index in [1.165, 1.54) is 7.11 Å². The summed E-state index contributed by atoms with van der Waals surface area (Å²) in [6, 6.07) is 0. The summed E-state index contributed by atoms with van der Waals surface area (Å²) in [7, 11) is 1.26. The van der Waals surface area contributed by atoms with Crippen molar-refractivity contribution in [1.82, 2.24) is 15.1 Å². The van der Waals surface area contributed by atoms with Crippen molar-refractivity contribution in [3.05, 3.63) is 0 Å². The fraction of sp³-hybridized carbons (Fsp3) is 0.900. The van der Waals surface area contributed by atoms with Crippen molar-refractivity contribution in [1.29, 1.82) is 0 Å². The Labute approximate surface area is 167 Å². The number of carbonyl (C=O) groups excluding carboxylic acids is 2. The Kier molecular flexibility index (Phi) is 6.96. The topological polar surface area (TPSA) is 91.3 Å². The Hall–Kier alpha value is -1.22. The van der Waals surface area contributed by atoms with Gasteiger partial charge < -0.3 is 29.7 Å². The number of nitrogens with one attached hydrogen (secondary N) is 1. The predicted octanol–water partition coefficient (Wildman–Crippen LogP) is 0.484. The van der Waals surface area contributed by atoms with E-state index in [9.17, 15) is 14.7 Å². The molecule has 0 bridgehead atoms. The molecule has 3 aliphatic rings. The Morgan fingerprint density at radius 1 is 1.14 bits per heavy atom. The molecule has 2 N–H and O–H groups in total. The molecule has 28 heavy (non-hydrogen) atoms. The number of hydrogen-bond donors (Lipinski definition) is 2. The summed E-state index contributed by atoms with van der Waals surface area (Å²) in [6.07, 6.45) is 5.81. The van der Waals surface area contributed by atoms with Crippen molar-refractivity contribution in [3.63, 3.8) is 0 Å². The van der Waals surface area contributed by atoms with E-state index in [2.05, 4.69) is 21.9 Å². The van der Waals surface area contributed by atoms with Crippen molar-refractivity contribution >= 4 is 11.9 Å². The lowest BCUT2D eigenvalue weighted by Crippen LogP contribution is -2.56. The first-order valence-corrected chi connectivity index (χ1v) is 10.6. The first-order chi connectivity index (χ1) is 13.3. The van der Waals surface area contributed by atoms with Crippen LogP contribution in [-0.4, -0.2) is 90.6 Å². The molecule has 8 heteroatoms. The number of carbonyl (C=O) groups is 2. The maximum atomic E-state index is 12.3. The van der Waals surface area contributed by atoms with Crippen LogP contribution in [0, 0.1) is 0 Å². The molecular weight excluding hydrogens is 362 g/mol. The van der Waals surface area contributed by atoms with Gasteiger partial charge in [-0.15, -0.1) is 0 Å². The van der Waals surface area contributed by atoms with Gasteiger partial charge in [-0.25, -0.2) is 4.79 Å². The molecule has 3 heterocycles. The van der Waals surface area contributed by atoms with Gasteiger partial charge in [-0.05, 0) is 58.5 Å². The molecule has 160 valence electrons. The minimum Gasteiger partial charge on any atom is -0.465 e. The van der Waals surface area contributed by atoms with Crippen molar-refractivity contribution < 1.29 is 24.2 Å². The highest BCUT2D eigenvalue weighted by Crippen LogP contribution is 2.29. The highest BCUT2D eigenvalue weighted by molar-refractivity contribution is 5.78. The molecule has 3 saturated heterocycles. The second-order valence-corrected chi connectivity index (χ2v) is 8.71. The lowest BCUT2D eigenvalue weighted by Gasteiger charge is -2.42. The first kappa shape index (κ1) is 21.5. The van der Waals surface area contributed by atoms with Gasteiger partial charge in [0, 0.05) is 31.6 Å². The molecule has 2 atom stereocenters. The van der Waals surface area contributed by atoms with Crippen molar-refractivity contribution in [3.8, 4) is 0 Å². The van der Waals surface area contributed by atoms with Gasteiger partial charge in [-0.2, -0.15) is 0 Å². The Morgan fingerprint density at radius 3 is 2.46 bits per heavy atom. The summed E-state index contributed by atoms with van der Waals surface area (Å²) in [5, 5.41) is 13.9. The van der Waals surface area contributed by atoms with Crippen LogP contribution in [0.25, 0.3) is 0 Å². The lowest BCUT2D eigenvalue weighted by molar-refractivity contribution is -0.259. The van der Waals surface area contributed by atoms with Crippen LogP contribution < -0.4 is 5.32 Å². The number of esters is 1. The minimum absolute atomic E-state index is 0.0357. The number of likely N-dealkylation sites (tertiary alicyclic amines) is 2. The Bertz CT molecular complexity index is 558. The number of methoxy groups -OCH3 is 1. The van der Waals surface area contributed by atoms with E-state index in [0.29, 0.717) is 13.1 Å². The Balaban J connectivity index is 1.42. The van der Waals surface area contributed by atoms with Crippen LogP contribution in [-0.2, 0) is 19.1 Å². The number of amides is 1. The molecular formula is C20H35N3O5. The number of ether oxygens (including phenoxy) is 2. The van der Waals surface area contributed by atoms with E-state index in [1.54, 1.807) is 0 Å². The van der Waals surface area contributed by atoms with E-state index in [4.69, 9.17) is 4.74 Å². The van der Waals surface area contributed by atoms with E-state index < -0.39 is 11.8 Å². The summed E-state index contributed by atoms with van der Waals surface area (Å²) in [5.74, 6) is -2.31.